The monoisotopic (exact) mass is 500 g/mol. The molecule has 184 valence electrons. The zero-order valence-corrected chi connectivity index (χ0v) is 20.4. The lowest BCUT2D eigenvalue weighted by molar-refractivity contribution is -0.143. The van der Waals surface area contributed by atoms with Crippen molar-refractivity contribution in [1.29, 1.82) is 0 Å². The molecule has 1 saturated heterocycles. The number of nitrogens with zero attached hydrogens (tertiary/aromatic N) is 2. The Balaban J connectivity index is 1.98. The van der Waals surface area contributed by atoms with Gasteiger partial charge in [-0.25, -0.2) is 4.79 Å². The molecule has 0 atom stereocenters. The van der Waals surface area contributed by atoms with Gasteiger partial charge in [-0.15, -0.1) is 0 Å². The quantitative estimate of drug-likeness (QED) is 0.290. The smallest absolute Gasteiger partial charge is 0.343 e. The van der Waals surface area contributed by atoms with Crippen molar-refractivity contribution in [3.8, 4) is 17.2 Å². The van der Waals surface area contributed by atoms with Gasteiger partial charge in [0.05, 0.1) is 34.1 Å². The number of hydrogen-bond acceptors (Lipinski definition) is 9. The van der Waals surface area contributed by atoms with Crippen LogP contribution in [0.3, 0.4) is 0 Å². The summed E-state index contributed by atoms with van der Waals surface area (Å²) in [6.07, 6.45) is 1.58. The van der Waals surface area contributed by atoms with E-state index in [9.17, 15) is 14.4 Å². The Morgan fingerprint density at radius 2 is 1.60 bits per heavy atom. The van der Waals surface area contributed by atoms with Crippen molar-refractivity contribution in [3.05, 3.63) is 53.7 Å². The van der Waals surface area contributed by atoms with Crippen molar-refractivity contribution in [2.24, 2.45) is 0 Å². The minimum atomic E-state index is -0.563. The van der Waals surface area contributed by atoms with Crippen molar-refractivity contribution in [2.45, 2.75) is 0 Å². The van der Waals surface area contributed by atoms with Crippen LogP contribution in [0.1, 0.15) is 5.56 Å². The molecule has 0 aliphatic carbocycles. The number of ether oxygens (including phenoxy) is 5. The molecule has 35 heavy (non-hydrogen) atoms. The Kier molecular flexibility index (Phi) is 8.26. The van der Waals surface area contributed by atoms with Crippen molar-refractivity contribution in [2.75, 3.05) is 46.5 Å². The number of hydrogen-bond donors (Lipinski definition) is 0. The van der Waals surface area contributed by atoms with Crippen LogP contribution >= 0.6 is 12.2 Å². The first-order valence-corrected chi connectivity index (χ1v) is 10.7. The molecule has 0 saturated carbocycles. The summed E-state index contributed by atoms with van der Waals surface area (Å²) in [5.41, 5.74) is 1.26. The third-order valence-electron chi connectivity index (χ3n) is 5.04. The topological polar surface area (TPSA) is 104 Å². The number of esters is 2. The lowest BCUT2D eigenvalue weighted by atomic mass is 10.1. The molecule has 1 amide bonds. The van der Waals surface area contributed by atoms with Crippen molar-refractivity contribution >= 4 is 46.9 Å². The summed E-state index contributed by atoms with van der Waals surface area (Å²) < 4.78 is 25.3. The number of carbonyl (C=O) groups excluding carboxylic acids is 3. The van der Waals surface area contributed by atoms with E-state index in [1.807, 2.05) is 0 Å². The van der Waals surface area contributed by atoms with Gasteiger partial charge < -0.3 is 28.6 Å². The van der Waals surface area contributed by atoms with Gasteiger partial charge in [-0.05, 0) is 60.3 Å². The summed E-state index contributed by atoms with van der Waals surface area (Å²) in [6.45, 7) is -0.541. The minimum absolute atomic E-state index is 0.127. The predicted molar refractivity (Wildman–Crippen MR) is 130 cm³/mol. The van der Waals surface area contributed by atoms with E-state index in [1.54, 1.807) is 55.7 Å². The fraction of sp³-hybridized carbons (Fsp3) is 0.250. The van der Waals surface area contributed by atoms with E-state index in [0.29, 0.717) is 28.5 Å². The molecule has 11 heteroatoms. The first-order valence-electron chi connectivity index (χ1n) is 10.3. The van der Waals surface area contributed by atoms with Crippen molar-refractivity contribution < 1.29 is 38.1 Å². The number of thiocarbonyl (C=S) groups is 1. The summed E-state index contributed by atoms with van der Waals surface area (Å²) in [4.78, 5) is 39.6. The van der Waals surface area contributed by atoms with Gasteiger partial charge in [-0.2, -0.15) is 0 Å². The zero-order chi connectivity index (χ0) is 25.5. The highest BCUT2D eigenvalue weighted by atomic mass is 32.1. The van der Waals surface area contributed by atoms with E-state index in [0.717, 1.165) is 0 Å². The molecule has 0 radical (unpaired) electrons. The molecule has 1 aliphatic heterocycles. The first-order chi connectivity index (χ1) is 16.8. The van der Waals surface area contributed by atoms with Gasteiger partial charge in [0.1, 0.15) is 18.0 Å². The summed E-state index contributed by atoms with van der Waals surface area (Å²) in [5.74, 6) is -0.251. The molecule has 0 unspecified atom stereocenters. The molecule has 0 spiro atoms. The highest BCUT2D eigenvalue weighted by Crippen LogP contribution is 2.33. The molecule has 1 aliphatic rings. The lowest BCUT2D eigenvalue weighted by Crippen LogP contribution is -2.35. The summed E-state index contributed by atoms with van der Waals surface area (Å²) in [7, 11) is 5.50. The summed E-state index contributed by atoms with van der Waals surface area (Å²) in [6, 6.07) is 11.7. The second kappa shape index (κ2) is 11.3. The van der Waals surface area contributed by atoms with Crippen LogP contribution < -0.4 is 19.1 Å². The highest BCUT2D eigenvalue weighted by molar-refractivity contribution is 7.80. The van der Waals surface area contributed by atoms with Gasteiger partial charge in [-0.3, -0.25) is 14.5 Å². The standard InChI is InChI=1S/C24H24N2O8S/c1-30-17-8-6-16(7-9-17)26-23(29)18(25(24(26)35)13-21(27)32-3)11-15-5-10-19(20(12-15)31-2)34-14-22(28)33-4/h5-12H,13-14H2,1-4H3/b18-11-. The number of rotatable bonds is 9. The molecule has 0 N–H and O–H groups in total. The van der Waals surface area contributed by atoms with Crippen LogP contribution in [-0.2, 0) is 23.9 Å². The van der Waals surface area contributed by atoms with Gasteiger partial charge >= 0.3 is 11.9 Å². The largest absolute Gasteiger partial charge is 0.497 e. The van der Waals surface area contributed by atoms with Gasteiger partial charge in [0, 0.05) is 0 Å². The van der Waals surface area contributed by atoms with Gasteiger partial charge in [0.25, 0.3) is 5.91 Å². The molecule has 10 nitrogen and oxygen atoms in total. The van der Waals surface area contributed by atoms with E-state index in [-0.39, 0.29) is 24.0 Å². The molecule has 2 aromatic carbocycles. The number of anilines is 1. The fourth-order valence-corrected chi connectivity index (χ4v) is 3.58. The second-order valence-electron chi connectivity index (χ2n) is 7.09. The van der Waals surface area contributed by atoms with Gasteiger partial charge in [0.2, 0.25) is 0 Å². The minimum Gasteiger partial charge on any atom is -0.497 e. The SMILES string of the molecule is COC(=O)COc1ccc(/C=C2/C(=O)N(c3ccc(OC)cc3)C(=S)N2CC(=O)OC)cc1OC. The predicted octanol–water partition coefficient (Wildman–Crippen LogP) is 2.40. The van der Waals surface area contributed by atoms with E-state index in [1.165, 1.54) is 31.1 Å². The van der Waals surface area contributed by atoms with Crippen LogP contribution in [0.25, 0.3) is 6.08 Å². The third-order valence-corrected chi connectivity index (χ3v) is 5.45. The van der Waals surface area contributed by atoms with Crippen molar-refractivity contribution in [1.82, 2.24) is 4.90 Å². The fourth-order valence-electron chi connectivity index (χ4n) is 3.23. The van der Waals surface area contributed by atoms with Crippen LogP contribution in [0.4, 0.5) is 5.69 Å². The molecule has 0 bridgehead atoms. The van der Waals surface area contributed by atoms with Crippen molar-refractivity contribution in [3.63, 3.8) is 0 Å². The van der Waals surface area contributed by atoms with E-state index in [4.69, 9.17) is 31.2 Å². The normalized spacial score (nSPS) is 14.2. The van der Waals surface area contributed by atoms with E-state index < -0.39 is 17.8 Å². The van der Waals surface area contributed by atoms with Crippen LogP contribution in [0.15, 0.2) is 48.2 Å². The van der Waals surface area contributed by atoms with Crippen LogP contribution in [0.5, 0.6) is 17.2 Å². The average molecular weight is 501 g/mol. The van der Waals surface area contributed by atoms with E-state index >= 15 is 0 Å². The number of carbonyl (C=O) groups is 3. The first kappa shape index (κ1) is 25.5. The number of amides is 1. The summed E-state index contributed by atoms with van der Waals surface area (Å²) in [5, 5.41) is 0.127. The van der Waals surface area contributed by atoms with Crippen LogP contribution in [0.2, 0.25) is 0 Å². The molecule has 1 fully saturated rings. The Morgan fingerprint density at radius 3 is 2.20 bits per heavy atom. The average Bonchev–Trinajstić information content (AvgIpc) is 3.11. The summed E-state index contributed by atoms with van der Waals surface area (Å²) >= 11 is 5.54. The lowest BCUT2D eigenvalue weighted by Gasteiger charge is -2.19. The van der Waals surface area contributed by atoms with Gasteiger partial charge in [0.15, 0.2) is 23.2 Å². The Hall–Kier alpha value is -4.12. The Bertz CT molecular complexity index is 1160. The maximum atomic E-state index is 13.4. The van der Waals surface area contributed by atoms with Crippen LogP contribution in [-0.4, -0.2) is 69.4 Å². The molecular formula is C24H24N2O8S. The maximum absolute atomic E-state index is 13.4. The maximum Gasteiger partial charge on any atom is 0.343 e. The zero-order valence-electron chi connectivity index (χ0n) is 19.6. The highest BCUT2D eigenvalue weighted by Gasteiger charge is 2.40. The number of benzene rings is 2. The van der Waals surface area contributed by atoms with E-state index in [2.05, 4.69) is 4.74 Å². The molecule has 3 rings (SSSR count). The molecule has 0 aromatic heterocycles. The molecule has 1 heterocycles. The Labute approximate surface area is 207 Å². The van der Waals surface area contributed by atoms with Crippen LogP contribution in [0, 0.1) is 0 Å². The molecular weight excluding hydrogens is 476 g/mol. The molecule has 2 aromatic rings. The Morgan fingerprint density at radius 1 is 0.914 bits per heavy atom. The third kappa shape index (κ3) is 5.69. The number of methoxy groups -OCH3 is 4. The van der Waals surface area contributed by atoms with Gasteiger partial charge in [-0.1, -0.05) is 6.07 Å². The second-order valence-corrected chi connectivity index (χ2v) is 7.45.